The Morgan fingerprint density at radius 2 is 0.962 bits per heavy atom. The molecule has 11 rings (SSSR count). The molecule has 0 amide bonds. The van der Waals surface area contributed by atoms with E-state index in [9.17, 15) is 0 Å². The first-order valence-corrected chi connectivity index (χ1v) is 18.1. The lowest BCUT2D eigenvalue weighted by Crippen LogP contribution is -2.11. The number of furan rings is 1. The average Bonchev–Trinajstić information content (AvgIpc) is 3.76. The van der Waals surface area contributed by atoms with E-state index in [1.165, 1.54) is 49.0 Å². The van der Waals surface area contributed by atoms with Crippen LogP contribution >= 0.6 is 0 Å². The number of aromatic nitrogens is 1. The van der Waals surface area contributed by atoms with Crippen LogP contribution in [-0.4, -0.2) is 4.57 Å². The lowest BCUT2D eigenvalue weighted by molar-refractivity contribution is 0.669. The third-order valence-corrected chi connectivity index (χ3v) is 10.8. The van der Waals surface area contributed by atoms with Crippen molar-refractivity contribution < 1.29 is 4.42 Å². The van der Waals surface area contributed by atoms with Crippen LogP contribution in [0.15, 0.2) is 199 Å². The van der Waals surface area contributed by atoms with Crippen molar-refractivity contribution in [1.82, 2.24) is 4.57 Å². The Balaban J connectivity index is 1.19. The van der Waals surface area contributed by atoms with E-state index in [1.807, 2.05) is 12.1 Å². The van der Waals surface area contributed by atoms with Gasteiger partial charge in [-0.15, -0.1) is 0 Å². The summed E-state index contributed by atoms with van der Waals surface area (Å²) in [6.45, 7) is 0. The monoisotopic (exact) mass is 676 g/mol. The molecule has 0 aliphatic rings. The largest absolute Gasteiger partial charge is 0.456 e. The summed E-state index contributed by atoms with van der Waals surface area (Å²) in [6, 6.07) is 69.9. The molecule has 2 aromatic heterocycles. The molecule has 11 aromatic rings. The first-order valence-electron chi connectivity index (χ1n) is 18.1. The second kappa shape index (κ2) is 11.7. The molecule has 0 N–H and O–H groups in total. The molecular weight excluding hydrogens is 645 g/mol. The molecule has 53 heavy (non-hydrogen) atoms. The maximum atomic E-state index is 6.30. The molecule has 0 saturated carbocycles. The summed E-state index contributed by atoms with van der Waals surface area (Å²) in [5.74, 6) is 0. The Kier molecular flexibility index (Phi) is 6.55. The van der Waals surface area contributed by atoms with Gasteiger partial charge in [-0.2, -0.15) is 0 Å². The Labute approximate surface area is 306 Å². The van der Waals surface area contributed by atoms with Crippen LogP contribution in [0.3, 0.4) is 0 Å². The van der Waals surface area contributed by atoms with Gasteiger partial charge in [-0.3, -0.25) is 0 Å². The van der Waals surface area contributed by atoms with Gasteiger partial charge in [-0.25, -0.2) is 0 Å². The van der Waals surface area contributed by atoms with E-state index in [1.54, 1.807) is 0 Å². The maximum Gasteiger partial charge on any atom is 0.135 e. The number of fused-ring (bicyclic) bond motifs is 9. The van der Waals surface area contributed by atoms with E-state index in [0.29, 0.717) is 0 Å². The predicted molar refractivity (Wildman–Crippen MR) is 223 cm³/mol. The summed E-state index contributed by atoms with van der Waals surface area (Å²) in [5, 5.41) is 9.54. The number of para-hydroxylation sites is 2. The van der Waals surface area contributed by atoms with Crippen LogP contribution in [-0.2, 0) is 0 Å². The third-order valence-electron chi connectivity index (χ3n) is 10.8. The van der Waals surface area contributed by atoms with Gasteiger partial charge in [0.1, 0.15) is 11.2 Å². The van der Waals surface area contributed by atoms with Crippen LogP contribution in [0.4, 0.5) is 17.1 Å². The van der Waals surface area contributed by atoms with Crippen molar-refractivity contribution in [2.45, 2.75) is 0 Å². The lowest BCUT2D eigenvalue weighted by atomic mass is 9.98. The zero-order valence-corrected chi connectivity index (χ0v) is 28.8. The Hall–Kier alpha value is -7.10. The molecule has 0 aliphatic carbocycles. The smallest absolute Gasteiger partial charge is 0.135 e. The molecule has 0 unspecified atom stereocenters. The van der Waals surface area contributed by atoms with E-state index in [4.69, 9.17) is 4.42 Å². The van der Waals surface area contributed by atoms with Crippen molar-refractivity contribution in [3.05, 3.63) is 194 Å². The van der Waals surface area contributed by atoms with E-state index in [2.05, 4.69) is 191 Å². The molecule has 0 fully saturated rings. The highest BCUT2D eigenvalue weighted by Gasteiger charge is 2.21. The van der Waals surface area contributed by atoms with Gasteiger partial charge in [0.15, 0.2) is 0 Å². The Morgan fingerprint density at radius 3 is 1.81 bits per heavy atom. The standard InChI is InChI=1S/C50H32N2O/c1-2-12-33(13-3-1)34-22-24-36(25-23-34)52-46-20-10-8-18-42(46)43-28-26-38(32-48(43)52)51(37-27-29-50-45(31-37)44-19-9-11-21-49(44)53-50)47-30-35-14-4-5-15-39(35)40-16-6-7-17-41(40)47/h1-32H. The second-order valence-electron chi connectivity index (χ2n) is 13.7. The maximum absolute atomic E-state index is 6.30. The van der Waals surface area contributed by atoms with Gasteiger partial charge in [0, 0.05) is 44.0 Å². The van der Waals surface area contributed by atoms with Crippen molar-refractivity contribution in [2.24, 2.45) is 0 Å². The molecule has 2 heterocycles. The number of benzene rings is 9. The second-order valence-corrected chi connectivity index (χ2v) is 13.7. The highest BCUT2D eigenvalue weighted by molar-refractivity contribution is 6.16. The van der Waals surface area contributed by atoms with E-state index in [0.717, 1.165) is 50.2 Å². The molecule has 0 aliphatic heterocycles. The molecule has 3 nitrogen and oxygen atoms in total. The Morgan fingerprint density at radius 1 is 0.358 bits per heavy atom. The third kappa shape index (κ3) is 4.68. The molecule has 0 radical (unpaired) electrons. The minimum atomic E-state index is 0.882. The van der Waals surface area contributed by atoms with E-state index < -0.39 is 0 Å². The quantitative estimate of drug-likeness (QED) is 0.169. The van der Waals surface area contributed by atoms with Gasteiger partial charge in [-0.05, 0) is 87.9 Å². The van der Waals surface area contributed by atoms with Crippen LogP contribution in [0.2, 0.25) is 0 Å². The normalized spacial score (nSPS) is 11.8. The number of hydrogen-bond donors (Lipinski definition) is 0. The van der Waals surface area contributed by atoms with Crippen LogP contribution in [0.1, 0.15) is 0 Å². The van der Waals surface area contributed by atoms with E-state index >= 15 is 0 Å². The van der Waals surface area contributed by atoms with Crippen molar-refractivity contribution >= 4 is 82.4 Å². The van der Waals surface area contributed by atoms with Crippen molar-refractivity contribution in [3.63, 3.8) is 0 Å². The molecule has 0 atom stereocenters. The summed E-state index contributed by atoms with van der Waals surface area (Å²) >= 11 is 0. The average molecular weight is 677 g/mol. The van der Waals surface area contributed by atoms with E-state index in [-0.39, 0.29) is 0 Å². The molecule has 0 spiro atoms. The molecule has 248 valence electrons. The number of anilines is 3. The highest BCUT2D eigenvalue weighted by atomic mass is 16.3. The fourth-order valence-corrected chi connectivity index (χ4v) is 8.31. The van der Waals surface area contributed by atoms with Crippen molar-refractivity contribution in [2.75, 3.05) is 4.90 Å². The minimum absolute atomic E-state index is 0.882. The number of hydrogen-bond acceptors (Lipinski definition) is 2. The summed E-state index contributed by atoms with van der Waals surface area (Å²) < 4.78 is 8.71. The summed E-state index contributed by atoms with van der Waals surface area (Å²) in [7, 11) is 0. The SMILES string of the molecule is c1ccc(-c2ccc(-n3c4ccccc4c4ccc(N(c5ccc6oc7ccccc7c6c5)c5cc6ccccc6c6ccccc56)cc43)cc2)cc1. The summed E-state index contributed by atoms with van der Waals surface area (Å²) in [4.78, 5) is 2.43. The van der Waals surface area contributed by atoms with Crippen LogP contribution in [0.25, 0.3) is 82.1 Å². The molecule has 9 aromatic carbocycles. The van der Waals surface area contributed by atoms with Gasteiger partial charge >= 0.3 is 0 Å². The van der Waals surface area contributed by atoms with Gasteiger partial charge in [0.2, 0.25) is 0 Å². The van der Waals surface area contributed by atoms with Crippen LogP contribution in [0, 0.1) is 0 Å². The van der Waals surface area contributed by atoms with Crippen LogP contribution < -0.4 is 4.90 Å². The number of rotatable bonds is 5. The lowest BCUT2D eigenvalue weighted by Gasteiger charge is -2.28. The van der Waals surface area contributed by atoms with Crippen LogP contribution in [0.5, 0.6) is 0 Å². The molecule has 0 saturated heterocycles. The van der Waals surface area contributed by atoms with Gasteiger partial charge in [0.05, 0.1) is 16.7 Å². The predicted octanol–water partition coefficient (Wildman–Crippen LogP) is 14.1. The summed E-state index contributed by atoms with van der Waals surface area (Å²) in [6.07, 6.45) is 0. The molecule has 3 heteroatoms. The fraction of sp³-hybridized carbons (Fsp3) is 0. The fourth-order valence-electron chi connectivity index (χ4n) is 8.31. The zero-order valence-electron chi connectivity index (χ0n) is 28.8. The highest BCUT2D eigenvalue weighted by Crippen LogP contribution is 2.45. The molecular formula is C50H32N2O. The number of nitrogens with zero attached hydrogens (tertiary/aromatic N) is 2. The van der Waals surface area contributed by atoms with Crippen molar-refractivity contribution in [3.8, 4) is 16.8 Å². The van der Waals surface area contributed by atoms with Gasteiger partial charge in [0.25, 0.3) is 0 Å². The van der Waals surface area contributed by atoms with Gasteiger partial charge in [-0.1, -0.05) is 133 Å². The zero-order chi connectivity index (χ0) is 34.9. The first-order chi connectivity index (χ1) is 26.3. The topological polar surface area (TPSA) is 21.3 Å². The molecule has 0 bridgehead atoms. The Bertz CT molecular complexity index is 3170. The minimum Gasteiger partial charge on any atom is -0.456 e. The van der Waals surface area contributed by atoms with Gasteiger partial charge < -0.3 is 13.9 Å². The summed E-state index contributed by atoms with van der Waals surface area (Å²) in [5.41, 5.74) is 10.9. The first kappa shape index (κ1) is 29.6. The van der Waals surface area contributed by atoms with Crippen molar-refractivity contribution in [1.29, 1.82) is 0 Å².